The fraction of sp³-hybridized carbons (Fsp3) is 0.125. The van der Waals surface area contributed by atoms with Crippen LogP contribution in [0, 0.1) is 26.6 Å². The highest BCUT2D eigenvalue weighted by Gasteiger charge is 2.19. The molecular weight excluding hydrogens is 335 g/mol. The molecule has 0 atom stereocenters. The summed E-state index contributed by atoms with van der Waals surface area (Å²) in [6.45, 7) is 6.27. The van der Waals surface area contributed by atoms with Crippen molar-refractivity contribution in [2.75, 3.05) is 0 Å². The van der Waals surface area contributed by atoms with E-state index in [2.05, 4.69) is 48.6 Å². The summed E-state index contributed by atoms with van der Waals surface area (Å²) in [5, 5.41) is 3.21. The quantitative estimate of drug-likeness (QED) is 0.320. The van der Waals surface area contributed by atoms with Crippen LogP contribution in [-0.4, -0.2) is 9.38 Å². The Hall–Kier alpha value is -3.20. The van der Waals surface area contributed by atoms with Crippen LogP contribution in [0.4, 0.5) is 4.39 Å². The molecule has 0 radical (unpaired) electrons. The van der Waals surface area contributed by atoms with E-state index >= 15 is 0 Å². The number of pyridine rings is 1. The maximum Gasteiger partial charge on any atom is 0.145 e. The van der Waals surface area contributed by atoms with E-state index in [1.807, 2.05) is 25.1 Å². The average Bonchev–Trinajstić information content (AvgIpc) is 2.99. The summed E-state index contributed by atoms with van der Waals surface area (Å²) < 4.78 is 16.4. The second kappa shape index (κ2) is 5.65. The number of aryl methyl sites for hydroxylation is 3. The van der Waals surface area contributed by atoms with Crippen molar-refractivity contribution in [1.29, 1.82) is 0 Å². The van der Waals surface area contributed by atoms with Crippen LogP contribution in [0.3, 0.4) is 0 Å². The van der Waals surface area contributed by atoms with Gasteiger partial charge in [-0.25, -0.2) is 9.37 Å². The lowest BCUT2D eigenvalue weighted by atomic mass is 9.98. The Morgan fingerprint density at radius 1 is 0.778 bits per heavy atom. The molecule has 0 fully saturated rings. The van der Waals surface area contributed by atoms with Gasteiger partial charge >= 0.3 is 0 Å². The summed E-state index contributed by atoms with van der Waals surface area (Å²) in [7, 11) is 0. The smallest absolute Gasteiger partial charge is 0.145 e. The predicted molar refractivity (Wildman–Crippen MR) is 110 cm³/mol. The van der Waals surface area contributed by atoms with E-state index in [9.17, 15) is 4.39 Å². The van der Waals surface area contributed by atoms with Crippen molar-refractivity contribution in [3.63, 3.8) is 0 Å². The number of benzene rings is 3. The molecule has 3 aromatic carbocycles. The van der Waals surface area contributed by atoms with Crippen LogP contribution >= 0.6 is 0 Å². The molecule has 0 saturated carbocycles. The topological polar surface area (TPSA) is 17.3 Å². The van der Waals surface area contributed by atoms with Crippen molar-refractivity contribution < 1.29 is 4.39 Å². The van der Waals surface area contributed by atoms with E-state index in [0.717, 1.165) is 38.7 Å². The van der Waals surface area contributed by atoms with Gasteiger partial charge in [0.15, 0.2) is 0 Å². The van der Waals surface area contributed by atoms with Crippen molar-refractivity contribution in [2.24, 2.45) is 0 Å². The first-order valence-corrected chi connectivity index (χ1v) is 9.12. The summed E-state index contributed by atoms with van der Waals surface area (Å²) in [4.78, 5) is 4.92. The van der Waals surface area contributed by atoms with E-state index < -0.39 is 0 Å². The molecule has 0 aliphatic heterocycles. The molecule has 2 nitrogen and oxygen atoms in total. The molecule has 2 aromatic heterocycles. The summed E-state index contributed by atoms with van der Waals surface area (Å²) in [5.41, 5.74) is 7.27. The molecule has 0 N–H and O–H groups in total. The molecule has 0 aliphatic rings. The number of rotatable bonds is 1. The number of nitrogens with zero attached hydrogens (tertiary/aromatic N) is 2. The minimum Gasteiger partial charge on any atom is -0.291 e. The van der Waals surface area contributed by atoms with Gasteiger partial charge in [-0.1, -0.05) is 42.5 Å². The molecule has 132 valence electrons. The van der Waals surface area contributed by atoms with Crippen LogP contribution in [0.15, 0.2) is 60.7 Å². The Bertz CT molecular complexity index is 1340. The number of imidazole rings is 1. The molecule has 0 unspecified atom stereocenters. The number of halogens is 1. The van der Waals surface area contributed by atoms with Crippen LogP contribution in [-0.2, 0) is 0 Å². The highest BCUT2D eigenvalue weighted by molar-refractivity contribution is 6.12. The molecule has 0 spiro atoms. The Morgan fingerprint density at radius 2 is 1.48 bits per heavy atom. The van der Waals surface area contributed by atoms with Gasteiger partial charge in [-0.05, 0) is 55.5 Å². The van der Waals surface area contributed by atoms with Gasteiger partial charge in [0.1, 0.15) is 11.5 Å². The average molecular weight is 354 g/mol. The Morgan fingerprint density at radius 3 is 2.22 bits per heavy atom. The van der Waals surface area contributed by atoms with E-state index in [0.29, 0.717) is 0 Å². The van der Waals surface area contributed by atoms with Crippen LogP contribution in [0.1, 0.15) is 16.8 Å². The lowest BCUT2D eigenvalue weighted by Crippen LogP contribution is -1.97. The summed E-state index contributed by atoms with van der Waals surface area (Å²) in [5.74, 6) is -0.238. The van der Waals surface area contributed by atoms with E-state index in [4.69, 9.17) is 4.98 Å². The molecule has 5 aromatic rings. The summed E-state index contributed by atoms with van der Waals surface area (Å²) >= 11 is 0. The molecule has 0 saturated heterocycles. The van der Waals surface area contributed by atoms with Crippen molar-refractivity contribution in [1.82, 2.24) is 9.38 Å². The maximum absolute atomic E-state index is 14.2. The summed E-state index contributed by atoms with van der Waals surface area (Å²) in [6, 6.07) is 19.5. The second-order valence-corrected chi connectivity index (χ2v) is 7.18. The number of aromatic nitrogens is 2. The minimum absolute atomic E-state index is 0.238. The van der Waals surface area contributed by atoms with Gasteiger partial charge in [-0.15, -0.1) is 0 Å². The lowest BCUT2D eigenvalue weighted by Gasteiger charge is -2.14. The van der Waals surface area contributed by atoms with Gasteiger partial charge in [-0.3, -0.25) is 4.40 Å². The van der Waals surface area contributed by atoms with Crippen LogP contribution in [0.25, 0.3) is 38.6 Å². The molecule has 3 heteroatoms. The summed E-state index contributed by atoms with van der Waals surface area (Å²) in [6.07, 6.45) is 0. The van der Waals surface area contributed by atoms with Crippen molar-refractivity contribution in [2.45, 2.75) is 20.8 Å². The fourth-order valence-electron chi connectivity index (χ4n) is 4.26. The van der Waals surface area contributed by atoms with Crippen molar-refractivity contribution in [3.05, 3.63) is 83.3 Å². The van der Waals surface area contributed by atoms with E-state index in [1.165, 1.54) is 22.8 Å². The number of hydrogen-bond acceptors (Lipinski definition) is 1. The van der Waals surface area contributed by atoms with Gasteiger partial charge in [0.05, 0.1) is 16.9 Å². The van der Waals surface area contributed by atoms with Crippen LogP contribution < -0.4 is 0 Å². The monoisotopic (exact) mass is 354 g/mol. The van der Waals surface area contributed by atoms with E-state index in [-0.39, 0.29) is 5.82 Å². The van der Waals surface area contributed by atoms with Gasteiger partial charge < -0.3 is 0 Å². The lowest BCUT2D eigenvalue weighted by molar-refractivity contribution is 0.629. The molecule has 0 bridgehead atoms. The molecule has 0 amide bonds. The third-order valence-electron chi connectivity index (χ3n) is 5.43. The zero-order chi connectivity index (χ0) is 18.7. The van der Waals surface area contributed by atoms with Gasteiger partial charge in [-0.2, -0.15) is 0 Å². The number of fused-ring (bicyclic) bond motifs is 6. The normalized spacial score (nSPS) is 11.7. The fourth-order valence-corrected chi connectivity index (χ4v) is 4.26. The molecule has 0 aliphatic carbocycles. The van der Waals surface area contributed by atoms with Crippen LogP contribution in [0.5, 0.6) is 0 Å². The Balaban J connectivity index is 2.10. The van der Waals surface area contributed by atoms with Crippen molar-refractivity contribution in [3.8, 4) is 11.3 Å². The molecular formula is C24H19FN2. The Kier molecular flexibility index (Phi) is 3.35. The molecule has 2 heterocycles. The highest BCUT2D eigenvalue weighted by Crippen LogP contribution is 2.37. The van der Waals surface area contributed by atoms with E-state index in [1.54, 1.807) is 6.07 Å². The predicted octanol–water partition coefficient (Wildman–Crippen LogP) is 6.37. The standard InChI is InChI=1S/C24H19FN2/c1-14-7-6-8-15(2)22(14)23-16(3)26-24-20-10-5-4-9-18(20)19-12-11-17(25)13-21(19)27(23)24/h4-13H,1-3H3. The van der Waals surface area contributed by atoms with Crippen molar-refractivity contribution >= 4 is 27.3 Å². The SMILES string of the molecule is Cc1cccc(C)c1-c1c(C)nc2c3ccccc3c3ccc(F)cc3n12. The van der Waals surface area contributed by atoms with Gasteiger partial charge in [0, 0.05) is 16.3 Å². The first kappa shape index (κ1) is 16.0. The zero-order valence-electron chi connectivity index (χ0n) is 15.5. The largest absolute Gasteiger partial charge is 0.291 e. The van der Waals surface area contributed by atoms with Crippen LogP contribution in [0.2, 0.25) is 0 Å². The number of hydrogen-bond donors (Lipinski definition) is 0. The third-order valence-corrected chi connectivity index (χ3v) is 5.43. The third kappa shape index (κ3) is 2.21. The highest BCUT2D eigenvalue weighted by atomic mass is 19.1. The second-order valence-electron chi connectivity index (χ2n) is 7.18. The van der Waals surface area contributed by atoms with Gasteiger partial charge in [0.2, 0.25) is 0 Å². The zero-order valence-corrected chi connectivity index (χ0v) is 15.5. The first-order chi connectivity index (χ1) is 13.1. The maximum atomic E-state index is 14.2. The first-order valence-electron chi connectivity index (χ1n) is 9.12. The molecule has 5 rings (SSSR count). The Labute approximate surface area is 156 Å². The van der Waals surface area contributed by atoms with Gasteiger partial charge in [0.25, 0.3) is 0 Å². The minimum atomic E-state index is -0.238. The molecule has 27 heavy (non-hydrogen) atoms.